The summed E-state index contributed by atoms with van der Waals surface area (Å²) in [7, 11) is 1.68. The van der Waals surface area contributed by atoms with Crippen LogP contribution in [0.1, 0.15) is 12.6 Å². The Morgan fingerprint density at radius 2 is 2.25 bits per heavy atom. The van der Waals surface area contributed by atoms with Crippen molar-refractivity contribution in [2.75, 3.05) is 43.6 Å². The smallest absolute Gasteiger partial charge is 0.228 e. The standard InChI is InChI=1S/C18H25N9O/c1-12-10-19-6-7-26(12)18-23-15-13(2)25-27(8-9-28-3)16(15)17(24-18)22-14-4-5-20-11-21-14/h4-5,11-12,19H,6-10H2,1-3H3,(H,20,21,22,23,24)/t12-/m0/s1. The fourth-order valence-corrected chi connectivity index (χ4v) is 3.40. The highest BCUT2D eigenvalue weighted by Crippen LogP contribution is 2.28. The molecule has 1 aliphatic heterocycles. The van der Waals surface area contributed by atoms with Crippen molar-refractivity contribution in [3.63, 3.8) is 0 Å². The third kappa shape index (κ3) is 3.60. The van der Waals surface area contributed by atoms with E-state index in [-0.39, 0.29) is 0 Å². The lowest BCUT2D eigenvalue weighted by Gasteiger charge is -2.34. The second kappa shape index (κ2) is 8.03. The lowest BCUT2D eigenvalue weighted by molar-refractivity contribution is 0.185. The molecular formula is C18H25N9O. The number of aryl methyl sites for hydroxylation is 1. The van der Waals surface area contributed by atoms with E-state index in [0.717, 1.165) is 36.4 Å². The minimum Gasteiger partial charge on any atom is -0.383 e. The Hall–Kier alpha value is -2.85. The van der Waals surface area contributed by atoms with Crippen LogP contribution in [0.25, 0.3) is 11.0 Å². The maximum atomic E-state index is 5.24. The van der Waals surface area contributed by atoms with E-state index >= 15 is 0 Å². The van der Waals surface area contributed by atoms with Gasteiger partial charge in [0.25, 0.3) is 0 Å². The Morgan fingerprint density at radius 3 is 3.00 bits per heavy atom. The van der Waals surface area contributed by atoms with E-state index in [9.17, 15) is 0 Å². The number of fused-ring (bicyclic) bond motifs is 1. The molecule has 28 heavy (non-hydrogen) atoms. The molecule has 148 valence electrons. The van der Waals surface area contributed by atoms with Crippen molar-refractivity contribution in [1.29, 1.82) is 0 Å². The van der Waals surface area contributed by atoms with Gasteiger partial charge in [-0.3, -0.25) is 4.68 Å². The number of nitrogens with zero attached hydrogens (tertiary/aromatic N) is 7. The highest BCUT2D eigenvalue weighted by atomic mass is 16.5. The summed E-state index contributed by atoms with van der Waals surface area (Å²) in [5.74, 6) is 2.06. The van der Waals surface area contributed by atoms with Gasteiger partial charge in [0.2, 0.25) is 5.95 Å². The number of anilines is 3. The Bertz CT molecular complexity index is 943. The molecule has 4 rings (SSSR count). The number of hydrogen-bond acceptors (Lipinski definition) is 9. The maximum Gasteiger partial charge on any atom is 0.228 e. The van der Waals surface area contributed by atoms with Crippen LogP contribution in [0.2, 0.25) is 0 Å². The van der Waals surface area contributed by atoms with Crippen molar-refractivity contribution in [1.82, 2.24) is 35.0 Å². The molecule has 3 aromatic heterocycles. The SMILES string of the molecule is COCCn1nc(C)c2nc(N3CCNC[C@@H]3C)nc(Nc3ccncn3)c21. The van der Waals surface area contributed by atoms with Gasteiger partial charge >= 0.3 is 0 Å². The van der Waals surface area contributed by atoms with E-state index in [2.05, 4.69) is 37.5 Å². The fraction of sp³-hybridized carbons (Fsp3) is 0.500. The molecule has 4 heterocycles. The van der Waals surface area contributed by atoms with E-state index in [4.69, 9.17) is 14.7 Å². The van der Waals surface area contributed by atoms with Crippen molar-refractivity contribution in [2.24, 2.45) is 0 Å². The molecule has 2 N–H and O–H groups in total. The summed E-state index contributed by atoms with van der Waals surface area (Å²) in [5.41, 5.74) is 2.55. The van der Waals surface area contributed by atoms with E-state index in [0.29, 0.717) is 36.8 Å². The zero-order valence-corrected chi connectivity index (χ0v) is 16.4. The van der Waals surface area contributed by atoms with Crippen LogP contribution in [0.15, 0.2) is 18.6 Å². The fourth-order valence-electron chi connectivity index (χ4n) is 3.40. The summed E-state index contributed by atoms with van der Waals surface area (Å²) >= 11 is 0. The zero-order chi connectivity index (χ0) is 19.5. The minimum absolute atomic E-state index is 0.307. The molecule has 0 aliphatic carbocycles. The monoisotopic (exact) mass is 383 g/mol. The molecule has 10 nitrogen and oxygen atoms in total. The van der Waals surface area contributed by atoms with Crippen LogP contribution in [0, 0.1) is 6.92 Å². The number of aromatic nitrogens is 6. The second-order valence-electron chi connectivity index (χ2n) is 6.84. The summed E-state index contributed by atoms with van der Waals surface area (Å²) in [6.07, 6.45) is 3.20. The molecule has 10 heteroatoms. The van der Waals surface area contributed by atoms with Gasteiger partial charge in [-0.1, -0.05) is 0 Å². The second-order valence-corrected chi connectivity index (χ2v) is 6.84. The van der Waals surface area contributed by atoms with Gasteiger partial charge in [-0.15, -0.1) is 0 Å². The average Bonchev–Trinajstić information content (AvgIpc) is 3.03. The van der Waals surface area contributed by atoms with Crippen molar-refractivity contribution in [3.05, 3.63) is 24.3 Å². The molecule has 0 radical (unpaired) electrons. The van der Waals surface area contributed by atoms with Gasteiger partial charge in [-0.05, 0) is 19.9 Å². The van der Waals surface area contributed by atoms with Crippen LogP contribution in [0.3, 0.4) is 0 Å². The molecule has 0 spiro atoms. The molecule has 0 bridgehead atoms. The Balaban J connectivity index is 1.83. The number of nitrogens with one attached hydrogen (secondary N) is 2. The summed E-state index contributed by atoms with van der Waals surface area (Å²) < 4.78 is 7.13. The molecule has 0 unspecified atom stereocenters. The van der Waals surface area contributed by atoms with Crippen molar-refractivity contribution in [3.8, 4) is 0 Å². The zero-order valence-electron chi connectivity index (χ0n) is 16.4. The van der Waals surface area contributed by atoms with E-state index in [1.807, 2.05) is 17.7 Å². The quantitative estimate of drug-likeness (QED) is 0.647. The molecule has 3 aromatic rings. The lowest BCUT2D eigenvalue weighted by Crippen LogP contribution is -2.50. The molecule has 1 fully saturated rings. The van der Waals surface area contributed by atoms with Crippen LogP contribution in [0.4, 0.5) is 17.6 Å². The van der Waals surface area contributed by atoms with E-state index in [1.54, 1.807) is 13.3 Å². The predicted octanol–water partition coefficient (Wildman–Crippen LogP) is 1.11. The third-order valence-corrected chi connectivity index (χ3v) is 4.84. The van der Waals surface area contributed by atoms with Gasteiger partial charge in [0.1, 0.15) is 23.2 Å². The lowest BCUT2D eigenvalue weighted by atomic mass is 10.2. The van der Waals surface area contributed by atoms with E-state index in [1.165, 1.54) is 6.33 Å². The molecular weight excluding hydrogens is 358 g/mol. The predicted molar refractivity (Wildman–Crippen MR) is 107 cm³/mol. The first kappa shape index (κ1) is 18.5. The van der Waals surface area contributed by atoms with E-state index < -0.39 is 0 Å². The molecule has 0 aromatic carbocycles. The van der Waals surface area contributed by atoms with Crippen molar-refractivity contribution in [2.45, 2.75) is 26.4 Å². The van der Waals surface area contributed by atoms with Crippen molar-refractivity contribution < 1.29 is 4.74 Å². The number of rotatable bonds is 6. The number of methoxy groups -OCH3 is 1. The first-order chi connectivity index (χ1) is 13.7. The van der Waals surface area contributed by atoms with Crippen LogP contribution in [0.5, 0.6) is 0 Å². The highest BCUT2D eigenvalue weighted by molar-refractivity contribution is 5.90. The topological polar surface area (TPSA) is 106 Å². The normalized spacial score (nSPS) is 17.2. The number of piperazine rings is 1. The number of hydrogen-bond donors (Lipinski definition) is 2. The van der Waals surface area contributed by atoms with Crippen LogP contribution >= 0.6 is 0 Å². The summed E-state index contributed by atoms with van der Waals surface area (Å²) in [6, 6.07) is 2.12. The Morgan fingerprint density at radius 1 is 1.36 bits per heavy atom. The molecule has 1 atom stereocenters. The minimum atomic E-state index is 0.307. The van der Waals surface area contributed by atoms with Crippen LogP contribution in [-0.2, 0) is 11.3 Å². The Labute approximate surface area is 163 Å². The molecule has 0 saturated carbocycles. The van der Waals surface area contributed by atoms with Crippen LogP contribution < -0.4 is 15.5 Å². The Kier molecular flexibility index (Phi) is 5.31. The van der Waals surface area contributed by atoms with Gasteiger partial charge < -0.3 is 20.3 Å². The van der Waals surface area contributed by atoms with Crippen molar-refractivity contribution >= 4 is 28.6 Å². The molecule has 1 saturated heterocycles. The summed E-state index contributed by atoms with van der Waals surface area (Å²) in [5, 5.41) is 11.4. The largest absolute Gasteiger partial charge is 0.383 e. The van der Waals surface area contributed by atoms with Gasteiger partial charge in [0.15, 0.2) is 5.82 Å². The van der Waals surface area contributed by atoms with Gasteiger partial charge in [0, 0.05) is 39.0 Å². The number of ether oxygens (including phenoxy) is 1. The third-order valence-electron chi connectivity index (χ3n) is 4.84. The highest BCUT2D eigenvalue weighted by Gasteiger charge is 2.24. The van der Waals surface area contributed by atoms with Gasteiger partial charge in [-0.2, -0.15) is 10.1 Å². The maximum absolute atomic E-state index is 5.24. The average molecular weight is 383 g/mol. The van der Waals surface area contributed by atoms with Gasteiger partial charge in [-0.25, -0.2) is 15.0 Å². The summed E-state index contributed by atoms with van der Waals surface area (Å²) in [6.45, 7) is 7.99. The summed E-state index contributed by atoms with van der Waals surface area (Å²) in [4.78, 5) is 20.2. The van der Waals surface area contributed by atoms with Gasteiger partial charge in [0.05, 0.1) is 18.8 Å². The molecule has 1 aliphatic rings. The van der Waals surface area contributed by atoms with Crippen LogP contribution in [-0.4, -0.2) is 69.1 Å². The first-order valence-electron chi connectivity index (χ1n) is 9.42. The first-order valence-corrected chi connectivity index (χ1v) is 9.42. The molecule has 0 amide bonds.